The van der Waals surface area contributed by atoms with E-state index in [1.807, 2.05) is 30.3 Å². The van der Waals surface area contributed by atoms with Crippen LogP contribution in [0, 0.1) is 0 Å². The number of aliphatic imine (C=N–C) groups is 1. The van der Waals surface area contributed by atoms with Crippen LogP contribution in [0.25, 0.3) is 16.3 Å². The maximum Gasteiger partial charge on any atom is 0.437 e. The first-order chi connectivity index (χ1) is 16.3. The molecule has 186 valence electrons. The van der Waals surface area contributed by atoms with Crippen molar-refractivity contribution in [3.05, 3.63) is 52.5 Å². The number of guanidine groups is 1. The standard InChI is InChI=1S/C22H25ClN6O4S2/c1-21(2,3)33-20(30)24-19-25-22(4,13-35(31,32)28(19)5)18-15(23)11-17(34-18)16-12-29(27-26-16)14-9-7-6-8-10-14/h6-12H,13H2,1-5H3,(H,24,25,30)/t22-/m0/s1. The van der Waals surface area contributed by atoms with E-state index in [1.54, 1.807) is 44.6 Å². The number of aromatic nitrogens is 3. The van der Waals surface area contributed by atoms with Crippen LogP contribution in [0.5, 0.6) is 0 Å². The predicted molar refractivity (Wildman–Crippen MR) is 135 cm³/mol. The molecule has 1 aromatic carbocycles. The van der Waals surface area contributed by atoms with Crippen molar-refractivity contribution in [3.8, 4) is 16.3 Å². The van der Waals surface area contributed by atoms with Crippen LogP contribution >= 0.6 is 22.9 Å². The number of thiophene rings is 1. The van der Waals surface area contributed by atoms with Crippen molar-refractivity contribution in [1.82, 2.24) is 24.6 Å². The first-order valence-electron chi connectivity index (χ1n) is 10.6. The van der Waals surface area contributed by atoms with Gasteiger partial charge in [0.25, 0.3) is 0 Å². The zero-order valence-electron chi connectivity index (χ0n) is 19.8. The van der Waals surface area contributed by atoms with Gasteiger partial charge in [-0.15, -0.1) is 21.4 Å². The Bertz CT molecular complexity index is 1390. The number of carbonyl (C=O) groups is 1. The van der Waals surface area contributed by atoms with Gasteiger partial charge in [0.15, 0.2) is 0 Å². The summed E-state index contributed by atoms with van der Waals surface area (Å²) in [5, 5.41) is 11.9. The number of nitrogens with zero attached hydrogens (tertiary/aromatic N) is 5. The Morgan fingerprint density at radius 2 is 1.97 bits per heavy atom. The zero-order chi connectivity index (χ0) is 25.6. The summed E-state index contributed by atoms with van der Waals surface area (Å²) in [6.07, 6.45) is 0.874. The minimum atomic E-state index is -3.81. The lowest BCUT2D eigenvalue weighted by molar-refractivity contribution is 0.0602. The zero-order valence-corrected chi connectivity index (χ0v) is 22.2. The van der Waals surface area contributed by atoms with E-state index in [0.29, 0.717) is 15.6 Å². The van der Waals surface area contributed by atoms with Crippen LogP contribution in [0.4, 0.5) is 4.79 Å². The van der Waals surface area contributed by atoms with Gasteiger partial charge in [0.2, 0.25) is 16.0 Å². The highest BCUT2D eigenvalue weighted by atomic mass is 35.5. The van der Waals surface area contributed by atoms with E-state index < -0.39 is 27.3 Å². The molecular weight excluding hydrogens is 512 g/mol. The number of para-hydroxylation sites is 1. The lowest BCUT2D eigenvalue weighted by Crippen LogP contribution is -2.61. The Kier molecular flexibility index (Phi) is 6.41. The summed E-state index contributed by atoms with van der Waals surface area (Å²) >= 11 is 7.88. The number of sulfonamides is 1. The average Bonchev–Trinajstić information content (AvgIpc) is 3.38. The van der Waals surface area contributed by atoms with Crippen molar-refractivity contribution in [1.29, 1.82) is 0 Å². The van der Waals surface area contributed by atoms with Crippen molar-refractivity contribution >= 4 is 45.0 Å². The molecule has 13 heteroatoms. The van der Waals surface area contributed by atoms with E-state index in [0.717, 1.165) is 14.9 Å². The van der Waals surface area contributed by atoms with Gasteiger partial charge >= 0.3 is 6.09 Å². The molecule has 4 rings (SSSR count). The fourth-order valence-electron chi connectivity index (χ4n) is 3.50. The molecule has 0 aliphatic carbocycles. The van der Waals surface area contributed by atoms with Crippen molar-refractivity contribution in [2.24, 2.45) is 4.99 Å². The summed E-state index contributed by atoms with van der Waals surface area (Å²) in [5.41, 5.74) is -0.484. The van der Waals surface area contributed by atoms with Crippen molar-refractivity contribution in [2.45, 2.75) is 38.8 Å². The first kappa shape index (κ1) is 25.1. The molecule has 1 amide bonds. The Morgan fingerprint density at radius 1 is 1.29 bits per heavy atom. The minimum Gasteiger partial charge on any atom is -0.442 e. The smallest absolute Gasteiger partial charge is 0.437 e. The van der Waals surface area contributed by atoms with Crippen LogP contribution in [0.1, 0.15) is 32.6 Å². The minimum absolute atomic E-state index is 0.144. The monoisotopic (exact) mass is 536 g/mol. The lowest BCUT2D eigenvalue weighted by atomic mass is 10.0. The number of benzene rings is 1. The molecule has 2 aromatic heterocycles. The van der Waals surface area contributed by atoms with Crippen molar-refractivity contribution in [2.75, 3.05) is 12.8 Å². The largest absolute Gasteiger partial charge is 0.442 e. The molecule has 1 atom stereocenters. The molecule has 0 bridgehead atoms. The molecule has 0 spiro atoms. The van der Waals surface area contributed by atoms with Crippen LogP contribution in [0.2, 0.25) is 5.02 Å². The lowest BCUT2D eigenvalue weighted by Gasteiger charge is -2.39. The number of carbonyl (C=O) groups excluding carboxylic acids is 1. The molecule has 1 saturated heterocycles. The molecule has 0 saturated carbocycles. The van der Waals surface area contributed by atoms with Crippen LogP contribution in [-0.4, -0.2) is 58.2 Å². The van der Waals surface area contributed by atoms with Gasteiger partial charge in [0.1, 0.15) is 11.3 Å². The van der Waals surface area contributed by atoms with Gasteiger partial charge in [-0.2, -0.15) is 0 Å². The number of hydrogen-bond donors (Lipinski definition) is 1. The average molecular weight is 537 g/mol. The molecule has 3 aromatic rings. The molecule has 1 N–H and O–H groups in total. The van der Waals surface area contributed by atoms with Gasteiger partial charge in [0, 0.05) is 7.05 Å². The van der Waals surface area contributed by atoms with Gasteiger partial charge in [0.05, 0.1) is 38.0 Å². The summed E-state index contributed by atoms with van der Waals surface area (Å²) < 4.78 is 33.8. The molecular formula is C22H25ClN6O4S2. The van der Waals surface area contributed by atoms with E-state index in [9.17, 15) is 13.2 Å². The molecule has 1 aliphatic rings. The van der Waals surface area contributed by atoms with Crippen molar-refractivity contribution in [3.63, 3.8) is 0 Å². The Balaban J connectivity index is 1.68. The third-order valence-corrected chi connectivity index (χ3v) is 8.90. The highest BCUT2D eigenvalue weighted by Gasteiger charge is 2.45. The van der Waals surface area contributed by atoms with E-state index in [2.05, 4.69) is 20.6 Å². The molecule has 0 unspecified atom stereocenters. The molecule has 10 nitrogen and oxygen atoms in total. The summed E-state index contributed by atoms with van der Waals surface area (Å²) in [7, 11) is -2.48. The predicted octanol–water partition coefficient (Wildman–Crippen LogP) is 4.02. The van der Waals surface area contributed by atoms with Gasteiger partial charge in [-0.25, -0.2) is 22.2 Å². The molecule has 35 heavy (non-hydrogen) atoms. The van der Waals surface area contributed by atoms with E-state index >= 15 is 0 Å². The topological polar surface area (TPSA) is 119 Å². The molecule has 0 radical (unpaired) electrons. The highest BCUT2D eigenvalue weighted by Crippen LogP contribution is 2.42. The number of rotatable bonds is 3. The third-order valence-electron chi connectivity index (χ3n) is 5.12. The number of nitrogens with one attached hydrogen (secondary N) is 1. The molecule has 1 aliphatic heterocycles. The Labute approximate surface area is 212 Å². The van der Waals surface area contributed by atoms with Gasteiger partial charge < -0.3 is 10.1 Å². The van der Waals surface area contributed by atoms with Gasteiger partial charge in [-0.3, -0.25) is 0 Å². The fraction of sp³-hybridized carbons (Fsp3) is 0.364. The Hall–Kier alpha value is -2.96. The van der Waals surface area contributed by atoms with Gasteiger partial charge in [-0.05, 0) is 45.9 Å². The van der Waals surface area contributed by atoms with Crippen LogP contribution in [0.15, 0.2) is 47.6 Å². The van der Waals surface area contributed by atoms with E-state index in [-0.39, 0.29) is 11.7 Å². The maximum absolute atomic E-state index is 13.0. The summed E-state index contributed by atoms with van der Waals surface area (Å²) in [6, 6.07) is 11.3. The summed E-state index contributed by atoms with van der Waals surface area (Å²) in [5.74, 6) is -0.436. The van der Waals surface area contributed by atoms with Crippen LogP contribution in [0.3, 0.4) is 0 Å². The normalized spacial score (nSPS) is 21.1. The number of halogens is 1. The SMILES string of the molecule is CN1/C(=N/C(=O)OC(C)(C)C)N[C@](C)(c2sc(-c3cn(-c4ccccc4)nn3)cc2Cl)CS1(=O)=O. The van der Waals surface area contributed by atoms with Crippen LogP contribution < -0.4 is 5.32 Å². The third kappa shape index (κ3) is 5.34. The molecule has 1 fully saturated rings. The second-order valence-electron chi connectivity index (χ2n) is 9.27. The Morgan fingerprint density at radius 3 is 2.63 bits per heavy atom. The number of amides is 1. The quantitative estimate of drug-likeness (QED) is 0.537. The summed E-state index contributed by atoms with van der Waals surface area (Å²) in [4.78, 5) is 17.5. The van der Waals surface area contributed by atoms with E-state index in [1.165, 1.54) is 18.4 Å². The molecule has 3 heterocycles. The highest BCUT2D eigenvalue weighted by molar-refractivity contribution is 7.89. The fourth-order valence-corrected chi connectivity index (χ4v) is 6.68. The number of hydrogen-bond acceptors (Lipinski definition) is 7. The maximum atomic E-state index is 13.0. The second kappa shape index (κ2) is 8.92. The van der Waals surface area contributed by atoms with Crippen LogP contribution in [-0.2, 0) is 20.3 Å². The van der Waals surface area contributed by atoms with Crippen molar-refractivity contribution < 1.29 is 17.9 Å². The second-order valence-corrected chi connectivity index (χ2v) is 12.7. The van der Waals surface area contributed by atoms with Gasteiger partial charge in [-0.1, -0.05) is 35.0 Å². The summed E-state index contributed by atoms with van der Waals surface area (Å²) in [6.45, 7) is 6.80. The first-order valence-corrected chi connectivity index (χ1v) is 13.4. The van der Waals surface area contributed by atoms with E-state index in [4.69, 9.17) is 16.3 Å². The number of ether oxygens (including phenoxy) is 1.